The highest BCUT2D eigenvalue weighted by Gasteiger charge is 2.41. The lowest BCUT2D eigenvalue weighted by molar-refractivity contribution is -0.139. The van der Waals surface area contributed by atoms with Gasteiger partial charge in [0.15, 0.2) is 0 Å². The molecule has 0 amide bonds. The fraction of sp³-hybridized carbons (Fsp3) is 0.571. The van der Waals surface area contributed by atoms with Crippen molar-refractivity contribution < 1.29 is 14.3 Å². The third-order valence-electron chi connectivity index (χ3n) is 1.37. The lowest BCUT2D eigenvalue weighted by Gasteiger charge is -2.00. The maximum Gasteiger partial charge on any atom is 0.313 e. The van der Waals surface area contributed by atoms with Gasteiger partial charge in [0.2, 0.25) is 0 Å². The van der Waals surface area contributed by atoms with Gasteiger partial charge in [-0.2, -0.15) is 0 Å². The molecule has 3 heteroatoms. The summed E-state index contributed by atoms with van der Waals surface area (Å²) >= 11 is 0. The zero-order valence-corrected chi connectivity index (χ0v) is 5.92. The molecule has 56 valence electrons. The van der Waals surface area contributed by atoms with Gasteiger partial charge in [-0.15, -0.1) is 0 Å². The highest BCUT2D eigenvalue weighted by molar-refractivity contribution is 5.71. The summed E-state index contributed by atoms with van der Waals surface area (Å²) < 4.78 is 9.48. The van der Waals surface area contributed by atoms with Gasteiger partial charge in [-0.05, 0) is 6.92 Å². The maximum atomic E-state index is 10.7. The van der Waals surface area contributed by atoms with Gasteiger partial charge in [0, 0.05) is 0 Å². The number of epoxide rings is 1. The Hall–Kier alpha value is -0.830. The molecule has 1 aliphatic rings. The van der Waals surface area contributed by atoms with Crippen LogP contribution in [-0.4, -0.2) is 18.2 Å². The molecule has 0 aliphatic carbocycles. The van der Waals surface area contributed by atoms with Crippen LogP contribution in [0.2, 0.25) is 0 Å². The van der Waals surface area contributed by atoms with Crippen LogP contribution in [0.3, 0.4) is 0 Å². The molecule has 1 aliphatic heterocycles. The molecule has 10 heavy (non-hydrogen) atoms. The Morgan fingerprint density at radius 1 is 2.00 bits per heavy atom. The van der Waals surface area contributed by atoms with E-state index in [0.717, 1.165) is 6.26 Å². The fourth-order valence-electron chi connectivity index (χ4n) is 0.665. The van der Waals surface area contributed by atoms with E-state index < -0.39 is 0 Å². The van der Waals surface area contributed by atoms with E-state index >= 15 is 0 Å². The van der Waals surface area contributed by atoms with Crippen molar-refractivity contribution in [3.8, 4) is 0 Å². The average Bonchev–Trinajstić information content (AvgIpc) is 2.48. The smallest absolute Gasteiger partial charge is 0.313 e. The normalized spacial score (nSPS) is 29.3. The van der Waals surface area contributed by atoms with E-state index in [1.54, 1.807) is 0 Å². The molecule has 0 spiro atoms. The number of hydrogen-bond acceptors (Lipinski definition) is 3. The number of ether oxygens (including phenoxy) is 2. The first-order valence-corrected chi connectivity index (χ1v) is 3.11. The molecule has 0 aromatic rings. The largest absolute Gasteiger partial charge is 0.435 e. The Morgan fingerprint density at radius 2 is 2.60 bits per heavy atom. The molecule has 1 heterocycles. The molecule has 1 rings (SSSR count). The summed E-state index contributed by atoms with van der Waals surface area (Å²) in [5, 5.41) is 0. The molecule has 0 radical (unpaired) electrons. The highest BCUT2D eigenvalue weighted by atomic mass is 16.6. The van der Waals surface area contributed by atoms with Gasteiger partial charge >= 0.3 is 5.97 Å². The molecule has 1 saturated heterocycles. The number of rotatable bonds is 3. The van der Waals surface area contributed by atoms with Crippen LogP contribution >= 0.6 is 0 Å². The van der Waals surface area contributed by atoms with E-state index in [2.05, 4.69) is 11.3 Å². The van der Waals surface area contributed by atoms with Crippen LogP contribution in [0.4, 0.5) is 0 Å². The summed E-state index contributed by atoms with van der Waals surface area (Å²) in [5.41, 5.74) is -0.250. The summed E-state index contributed by atoms with van der Waals surface area (Å²) in [5.74, 6) is -0.282. The Labute approximate surface area is 59.6 Å². The minimum absolute atomic E-state index is 0.250. The van der Waals surface area contributed by atoms with Gasteiger partial charge in [0.1, 0.15) is 0 Å². The summed E-state index contributed by atoms with van der Waals surface area (Å²) in [6, 6.07) is 0. The van der Waals surface area contributed by atoms with Crippen molar-refractivity contribution in [2.45, 2.75) is 18.9 Å². The van der Waals surface area contributed by atoms with E-state index in [4.69, 9.17) is 4.74 Å². The second-order valence-electron chi connectivity index (χ2n) is 2.57. The van der Waals surface area contributed by atoms with Crippen LogP contribution in [-0.2, 0) is 14.3 Å². The van der Waals surface area contributed by atoms with Crippen molar-refractivity contribution >= 4 is 5.97 Å². The zero-order valence-electron chi connectivity index (χ0n) is 5.92. The number of esters is 1. The Bertz CT molecular complexity index is 158. The van der Waals surface area contributed by atoms with E-state index in [1.807, 2.05) is 6.92 Å². The van der Waals surface area contributed by atoms with Crippen molar-refractivity contribution in [3.63, 3.8) is 0 Å². The quantitative estimate of drug-likeness (QED) is 0.333. The molecule has 3 nitrogen and oxygen atoms in total. The minimum atomic E-state index is -0.282. The average molecular weight is 142 g/mol. The summed E-state index contributed by atoms with van der Waals surface area (Å²) in [6.45, 7) is 5.79. The Kier molecular flexibility index (Phi) is 1.76. The first-order valence-electron chi connectivity index (χ1n) is 3.11. The fourth-order valence-corrected chi connectivity index (χ4v) is 0.665. The maximum absolute atomic E-state index is 10.7. The van der Waals surface area contributed by atoms with Gasteiger partial charge in [0.25, 0.3) is 0 Å². The molecule has 1 fully saturated rings. The Balaban J connectivity index is 2.24. The molecule has 0 aromatic heterocycles. The van der Waals surface area contributed by atoms with E-state index in [1.165, 1.54) is 0 Å². The van der Waals surface area contributed by atoms with Gasteiger partial charge in [-0.1, -0.05) is 6.58 Å². The van der Waals surface area contributed by atoms with Crippen LogP contribution in [0.25, 0.3) is 0 Å². The standard InChI is InChI=1S/C7H10O3/c1-3-9-6(8)4-7(2)5-10-7/h3H,1,4-5H2,2H3. The molecule has 0 bridgehead atoms. The second-order valence-corrected chi connectivity index (χ2v) is 2.57. The molecule has 1 atom stereocenters. The van der Waals surface area contributed by atoms with Crippen LogP contribution in [0, 0.1) is 0 Å². The van der Waals surface area contributed by atoms with Gasteiger partial charge in [0.05, 0.1) is 24.9 Å². The predicted octanol–water partition coefficient (Wildman–Crippen LogP) is 0.852. The van der Waals surface area contributed by atoms with Crippen molar-refractivity contribution in [1.82, 2.24) is 0 Å². The minimum Gasteiger partial charge on any atom is -0.435 e. The van der Waals surface area contributed by atoms with Gasteiger partial charge < -0.3 is 9.47 Å². The Morgan fingerprint density at radius 3 is 3.00 bits per heavy atom. The number of hydrogen-bond donors (Lipinski definition) is 0. The molecule has 0 saturated carbocycles. The molecular weight excluding hydrogens is 132 g/mol. The third-order valence-corrected chi connectivity index (χ3v) is 1.37. The van der Waals surface area contributed by atoms with Crippen LogP contribution in [0.1, 0.15) is 13.3 Å². The zero-order chi connectivity index (χ0) is 7.61. The van der Waals surface area contributed by atoms with Crippen LogP contribution < -0.4 is 0 Å². The number of carbonyl (C=O) groups is 1. The van der Waals surface area contributed by atoms with E-state index in [-0.39, 0.29) is 11.6 Å². The summed E-state index contributed by atoms with van der Waals surface area (Å²) in [4.78, 5) is 10.7. The van der Waals surface area contributed by atoms with Crippen LogP contribution in [0.15, 0.2) is 12.8 Å². The first-order chi connectivity index (χ1) is 4.66. The topological polar surface area (TPSA) is 38.8 Å². The molecule has 0 N–H and O–H groups in total. The van der Waals surface area contributed by atoms with Gasteiger partial charge in [-0.3, -0.25) is 4.79 Å². The lowest BCUT2D eigenvalue weighted by Crippen LogP contribution is -2.13. The molecule has 1 unspecified atom stereocenters. The van der Waals surface area contributed by atoms with E-state index in [0.29, 0.717) is 13.0 Å². The predicted molar refractivity (Wildman–Crippen MR) is 35.3 cm³/mol. The van der Waals surface area contributed by atoms with Crippen molar-refractivity contribution in [1.29, 1.82) is 0 Å². The molecule has 0 aromatic carbocycles. The number of carbonyl (C=O) groups excluding carboxylic acids is 1. The highest BCUT2D eigenvalue weighted by Crippen LogP contribution is 2.29. The SMILES string of the molecule is C=COC(=O)CC1(C)CO1. The van der Waals surface area contributed by atoms with Gasteiger partial charge in [-0.25, -0.2) is 0 Å². The van der Waals surface area contributed by atoms with Crippen molar-refractivity contribution in [2.24, 2.45) is 0 Å². The monoisotopic (exact) mass is 142 g/mol. The summed E-state index contributed by atoms with van der Waals surface area (Å²) in [6.07, 6.45) is 1.45. The third kappa shape index (κ3) is 1.84. The van der Waals surface area contributed by atoms with Crippen molar-refractivity contribution in [3.05, 3.63) is 12.8 Å². The lowest BCUT2D eigenvalue weighted by atomic mass is 10.1. The summed E-state index contributed by atoms with van der Waals surface area (Å²) in [7, 11) is 0. The second kappa shape index (κ2) is 2.42. The van der Waals surface area contributed by atoms with Crippen LogP contribution in [0.5, 0.6) is 0 Å². The van der Waals surface area contributed by atoms with Crippen molar-refractivity contribution in [2.75, 3.05) is 6.61 Å². The molecular formula is C7H10O3. The first kappa shape index (κ1) is 7.28. The van der Waals surface area contributed by atoms with E-state index in [9.17, 15) is 4.79 Å².